The molecule has 19 heavy (non-hydrogen) atoms. The van der Waals surface area contributed by atoms with Crippen LogP contribution in [-0.2, 0) is 10.0 Å². The minimum absolute atomic E-state index is 0.0463. The number of halogens is 2. The van der Waals surface area contributed by atoms with Crippen LogP contribution in [-0.4, -0.2) is 37.0 Å². The molecule has 1 aromatic carbocycles. The molecule has 0 unspecified atom stereocenters. The maximum absolute atomic E-state index is 13.5. The number of nitrogens with zero attached hydrogens (tertiary/aromatic N) is 1. The summed E-state index contributed by atoms with van der Waals surface area (Å²) in [5.74, 6) is -0.612. The first-order valence-electron chi connectivity index (χ1n) is 6.04. The zero-order valence-corrected chi connectivity index (χ0v) is 12.6. The number of aliphatic hydroxyl groups is 1. The van der Waals surface area contributed by atoms with Crippen molar-refractivity contribution in [3.8, 4) is 0 Å². The third-order valence-corrected chi connectivity index (χ3v) is 5.89. The molecule has 0 atom stereocenters. The standard InChI is InChI=1S/C12H15BrFNO3S/c13-11-5-4-10(8-12(11)14)19(17,18)15(6-7-16)9-2-1-3-9/h4-5,8-9,16H,1-3,6-7H2. The number of aliphatic hydroxyl groups excluding tert-OH is 1. The maximum atomic E-state index is 13.5. The van der Waals surface area contributed by atoms with E-state index in [2.05, 4.69) is 15.9 Å². The molecule has 1 aliphatic rings. The minimum Gasteiger partial charge on any atom is -0.395 e. The van der Waals surface area contributed by atoms with Gasteiger partial charge in [0.1, 0.15) is 5.82 Å². The van der Waals surface area contributed by atoms with Crippen LogP contribution in [0, 0.1) is 5.82 Å². The topological polar surface area (TPSA) is 57.6 Å². The first-order chi connectivity index (χ1) is 8.96. The molecule has 0 bridgehead atoms. The predicted octanol–water partition coefficient (Wildman–Crippen LogP) is 2.12. The Labute approximate surface area is 120 Å². The van der Waals surface area contributed by atoms with E-state index < -0.39 is 15.8 Å². The van der Waals surface area contributed by atoms with E-state index in [0.717, 1.165) is 25.3 Å². The molecule has 106 valence electrons. The third-order valence-electron chi connectivity index (χ3n) is 3.30. The molecule has 0 heterocycles. The lowest BCUT2D eigenvalue weighted by Gasteiger charge is -2.36. The first kappa shape index (κ1) is 14.9. The highest BCUT2D eigenvalue weighted by Crippen LogP contribution is 2.30. The van der Waals surface area contributed by atoms with Crippen molar-refractivity contribution in [3.05, 3.63) is 28.5 Å². The van der Waals surface area contributed by atoms with Crippen molar-refractivity contribution in [2.45, 2.75) is 30.2 Å². The zero-order chi connectivity index (χ0) is 14.0. The fourth-order valence-corrected chi connectivity index (χ4v) is 3.98. The van der Waals surface area contributed by atoms with Crippen LogP contribution in [0.1, 0.15) is 19.3 Å². The third kappa shape index (κ3) is 2.99. The zero-order valence-electron chi connectivity index (χ0n) is 10.2. The van der Waals surface area contributed by atoms with E-state index in [0.29, 0.717) is 0 Å². The van der Waals surface area contributed by atoms with Crippen LogP contribution >= 0.6 is 15.9 Å². The molecule has 4 nitrogen and oxygen atoms in total. The average Bonchev–Trinajstić information content (AvgIpc) is 2.29. The van der Waals surface area contributed by atoms with Gasteiger partial charge >= 0.3 is 0 Å². The molecule has 1 aliphatic carbocycles. The van der Waals surface area contributed by atoms with Gasteiger partial charge in [-0.15, -0.1) is 0 Å². The normalized spacial score (nSPS) is 16.6. The minimum atomic E-state index is -3.75. The lowest BCUT2D eigenvalue weighted by molar-refractivity contribution is 0.178. The van der Waals surface area contributed by atoms with Crippen molar-refractivity contribution in [1.82, 2.24) is 4.31 Å². The molecule has 1 saturated carbocycles. The van der Waals surface area contributed by atoms with Crippen LogP contribution in [0.5, 0.6) is 0 Å². The van der Waals surface area contributed by atoms with E-state index in [1.54, 1.807) is 0 Å². The van der Waals surface area contributed by atoms with Crippen LogP contribution in [0.3, 0.4) is 0 Å². The van der Waals surface area contributed by atoms with Crippen molar-refractivity contribution in [2.75, 3.05) is 13.2 Å². The SMILES string of the molecule is O=S(=O)(c1ccc(Br)c(F)c1)N(CCO)C1CCC1. The van der Waals surface area contributed by atoms with Crippen LogP contribution in [0.2, 0.25) is 0 Å². The molecule has 0 aromatic heterocycles. The highest BCUT2D eigenvalue weighted by atomic mass is 79.9. The van der Waals surface area contributed by atoms with Crippen LogP contribution in [0.25, 0.3) is 0 Å². The first-order valence-corrected chi connectivity index (χ1v) is 8.28. The molecule has 0 spiro atoms. The summed E-state index contributed by atoms with van der Waals surface area (Å²) in [4.78, 5) is -0.0754. The Hall–Kier alpha value is -0.500. The van der Waals surface area contributed by atoms with Crippen LogP contribution in [0.4, 0.5) is 4.39 Å². The lowest BCUT2D eigenvalue weighted by atomic mass is 9.93. The summed E-state index contributed by atoms with van der Waals surface area (Å²) in [6.07, 6.45) is 2.56. The molecular formula is C12H15BrFNO3S. The Morgan fingerprint density at radius 1 is 1.42 bits per heavy atom. The van der Waals surface area contributed by atoms with Crippen molar-refractivity contribution >= 4 is 26.0 Å². The van der Waals surface area contributed by atoms with Gasteiger partial charge in [-0.05, 0) is 47.0 Å². The van der Waals surface area contributed by atoms with Gasteiger partial charge < -0.3 is 5.11 Å². The molecule has 0 aliphatic heterocycles. The van der Waals surface area contributed by atoms with Gasteiger partial charge in [-0.3, -0.25) is 0 Å². The van der Waals surface area contributed by atoms with Gasteiger partial charge in [-0.2, -0.15) is 4.31 Å². The summed E-state index contributed by atoms with van der Waals surface area (Å²) in [5.41, 5.74) is 0. The lowest BCUT2D eigenvalue weighted by Crippen LogP contribution is -2.45. The molecule has 1 aromatic rings. The Kier molecular flexibility index (Phi) is 4.60. The van der Waals surface area contributed by atoms with Crippen molar-refractivity contribution < 1.29 is 17.9 Å². The second kappa shape index (κ2) is 5.87. The fourth-order valence-electron chi connectivity index (χ4n) is 2.04. The quantitative estimate of drug-likeness (QED) is 0.883. The number of rotatable bonds is 5. The van der Waals surface area contributed by atoms with Crippen molar-refractivity contribution in [3.63, 3.8) is 0 Å². The van der Waals surface area contributed by atoms with Crippen molar-refractivity contribution in [1.29, 1.82) is 0 Å². The smallest absolute Gasteiger partial charge is 0.243 e. The van der Waals surface area contributed by atoms with Gasteiger partial charge in [0.2, 0.25) is 10.0 Å². The number of hydrogen-bond acceptors (Lipinski definition) is 3. The fraction of sp³-hybridized carbons (Fsp3) is 0.500. The Balaban J connectivity index is 2.35. The summed E-state index contributed by atoms with van der Waals surface area (Å²) < 4.78 is 39.9. The Morgan fingerprint density at radius 2 is 2.11 bits per heavy atom. The van der Waals surface area contributed by atoms with Gasteiger partial charge in [0.15, 0.2) is 0 Å². The Morgan fingerprint density at radius 3 is 2.58 bits per heavy atom. The van der Waals surface area contributed by atoms with E-state index in [-0.39, 0.29) is 28.6 Å². The number of hydrogen-bond donors (Lipinski definition) is 1. The molecule has 2 rings (SSSR count). The number of benzene rings is 1. The summed E-state index contributed by atoms with van der Waals surface area (Å²) in [5, 5.41) is 9.03. The van der Waals surface area contributed by atoms with Gasteiger partial charge in [0, 0.05) is 12.6 Å². The van der Waals surface area contributed by atoms with E-state index in [1.807, 2.05) is 0 Å². The average molecular weight is 352 g/mol. The number of sulfonamides is 1. The van der Waals surface area contributed by atoms with Crippen LogP contribution in [0.15, 0.2) is 27.6 Å². The maximum Gasteiger partial charge on any atom is 0.243 e. The largest absolute Gasteiger partial charge is 0.395 e. The summed E-state index contributed by atoms with van der Waals surface area (Å²) in [7, 11) is -3.75. The monoisotopic (exact) mass is 351 g/mol. The molecule has 7 heteroatoms. The molecule has 0 saturated heterocycles. The molecular weight excluding hydrogens is 337 g/mol. The van der Waals surface area contributed by atoms with Crippen molar-refractivity contribution in [2.24, 2.45) is 0 Å². The molecule has 1 fully saturated rings. The van der Waals surface area contributed by atoms with E-state index in [9.17, 15) is 12.8 Å². The highest BCUT2D eigenvalue weighted by molar-refractivity contribution is 9.10. The summed E-state index contributed by atoms with van der Waals surface area (Å²) >= 11 is 2.99. The van der Waals surface area contributed by atoms with Crippen LogP contribution < -0.4 is 0 Å². The molecule has 0 amide bonds. The molecule has 1 N–H and O–H groups in total. The second-order valence-corrected chi connectivity index (χ2v) is 7.24. The van der Waals surface area contributed by atoms with Gasteiger partial charge in [0.05, 0.1) is 16.0 Å². The predicted molar refractivity (Wildman–Crippen MR) is 72.7 cm³/mol. The highest BCUT2D eigenvalue weighted by Gasteiger charge is 2.34. The van der Waals surface area contributed by atoms with Gasteiger partial charge in [-0.1, -0.05) is 6.42 Å². The van der Waals surface area contributed by atoms with Gasteiger partial charge in [0.25, 0.3) is 0 Å². The van der Waals surface area contributed by atoms with E-state index >= 15 is 0 Å². The van der Waals surface area contributed by atoms with Gasteiger partial charge in [-0.25, -0.2) is 12.8 Å². The summed E-state index contributed by atoms with van der Waals surface area (Å²) in [6.45, 7) is -0.195. The Bertz CT molecular complexity index is 560. The molecule has 0 radical (unpaired) electrons. The van der Waals surface area contributed by atoms with E-state index in [1.165, 1.54) is 16.4 Å². The van der Waals surface area contributed by atoms with E-state index in [4.69, 9.17) is 5.11 Å². The second-order valence-electron chi connectivity index (χ2n) is 4.50. The summed E-state index contributed by atoms with van der Waals surface area (Å²) in [6, 6.07) is 3.66.